The molecule has 1 aliphatic heterocycles. The minimum absolute atomic E-state index is 0.0867. The number of rotatable bonds is 3. The molecule has 4 nitrogen and oxygen atoms in total. The number of hydrogen-bond donors (Lipinski definition) is 0. The summed E-state index contributed by atoms with van der Waals surface area (Å²) < 4.78 is 10.4. The second-order valence-corrected chi connectivity index (χ2v) is 7.72. The van der Waals surface area contributed by atoms with Gasteiger partial charge in [-0.15, -0.1) is 0 Å². The topological polar surface area (TPSA) is 52.6 Å². The zero-order chi connectivity index (χ0) is 16.3. The third-order valence-corrected chi connectivity index (χ3v) is 4.89. The van der Waals surface area contributed by atoms with Gasteiger partial charge in [0.1, 0.15) is 6.10 Å². The highest BCUT2D eigenvalue weighted by atomic mass is 16.6. The van der Waals surface area contributed by atoms with E-state index in [0.29, 0.717) is 18.9 Å². The van der Waals surface area contributed by atoms with Crippen LogP contribution in [-0.2, 0) is 19.1 Å². The van der Waals surface area contributed by atoms with Gasteiger partial charge in [0.2, 0.25) is 0 Å². The van der Waals surface area contributed by atoms with Crippen molar-refractivity contribution in [3.05, 3.63) is 0 Å². The highest BCUT2D eigenvalue weighted by Gasteiger charge is 2.45. The third kappa shape index (κ3) is 4.23. The maximum absolute atomic E-state index is 12.1. The van der Waals surface area contributed by atoms with Crippen LogP contribution in [0.25, 0.3) is 0 Å². The summed E-state index contributed by atoms with van der Waals surface area (Å²) in [4.78, 5) is 23.6. The van der Waals surface area contributed by atoms with Crippen molar-refractivity contribution in [2.24, 2.45) is 29.6 Å². The predicted octanol–water partition coefficient (Wildman–Crippen LogP) is 3.58. The smallest absolute Gasteiger partial charge is 0.312 e. The average Bonchev–Trinajstić information content (AvgIpc) is 3.13. The summed E-state index contributed by atoms with van der Waals surface area (Å²) in [5, 5.41) is 0. The summed E-state index contributed by atoms with van der Waals surface area (Å²) in [5.74, 6) is 1.62. The maximum Gasteiger partial charge on any atom is 0.312 e. The Hall–Kier alpha value is -1.06. The number of carbonyl (C=O) groups is 2. The normalized spacial score (nSPS) is 34.1. The molecule has 0 aromatic carbocycles. The Morgan fingerprint density at radius 2 is 1.82 bits per heavy atom. The summed E-state index contributed by atoms with van der Waals surface area (Å²) in [5.41, 5.74) is 0. The van der Waals surface area contributed by atoms with Gasteiger partial charge in [0.05, 0.1) is 18.4 Å². The predicted molar refractivity (Wildman–Crippen MR) is 84.1 cm³/mol. The van der Waals surface area contributed by atoms with Gasteiger partial charge in [0.15, 0.2) is 0 Å². The Morgan fingerprint density at radius 1 is 1.14 bits per heavy atom. The first-order valence-corrected chi connectivity index (χ1v) is 8.75. The molecule has 0 amide bonds. The van der Waals surface area contributed by atoms with E-state index in [4.69, 9.17) is 9.47 Å². The fourth-order valence-electron chi connectivity index (χ4n) is 3.82. The van der Waals surface area contributed by atoms with Crippen molar-refractivity contribution in [3.63, 3.8) is 0 Å². The van der Waals surface area contributed by atoms with Gasteiger partial charge in [-0.1, -0.05) is 27.2 Å². The van der Waals surface area contributed by atoms with Crippen LogP contribution >= 0.6 is 0 Å². The molecule has 0 aromatic heterocycles. The first-order chi connectivity index (χ1) is 10.4. The van der Waals surface area contributed by atoms with Gasteiger partial charge in [-0.05, 0) is 50.4 Å². The van der Waals surface area contributed by atoms with E-state index in [-0.39, 0.29) is 29.9 Å². The van der Waals surface area contributed by atoms with Crippen molar-refractivity contribution in [2.75, 3.05) is 6.61 Å². The number of hydrogen-bond acceptors (Lipinski definition) is 4. The van der Waals surface area contributed by atoms with Gasteiger partial charge in [-0.25, -0.2) is 0 Å². The zero-order valence-corrected chi connectivity index (χ0v) is 14.3. The largest absolute Gasteiger partial charge is 0.465 e. The van der Waals surface area contributed by atoms with E-state index in [1.54, 1.807) is 0 Å². The summed E-state index contributed by atoms with van der Waals surface area (Å²) >= 11 is 0. The van der Waals surface area contributed by atoms with Crippen molar-refractivity contribution in [2.45, 2.75) is 65.9 Å². The van der Waals surface area contributed by atoms with Gasteiger partial charge in [-0.2, -0.15) is 0 Å². The van der Waals surface area contributed by atoms with Crippen LogP contribution in [-0.4, -0.2) is 24.6 Å². The van der Waals surface area contributed by atoms with Crippen LogP contribution in [0.4, 0.5) is 0 Å². The quantitative estimate of drug-likeness (QED) is 0.748. The lowest BCUT2D eigenvalue weighted by molar-refractivity contribution is -0.160. The Morgan fingerprint density at radius 3 is 2.27 bits per heavy atom. The van der Waals surface area contributed by atoms with Crippen LogP contribution in [0.15, 0.2) is 0 Å². The van der Waals surface area contributed by atoms with Gasteiger partial charge in [-0.3, -0.25) is 9.59 Å². The lowest BCUT2D eigenvalue weighted by Gasteiger charge is -2.23. The molecule has 22 heavy (non-hydrogen) atoms. The molecule has 2 saturated carbocycles. The molecule has 0 radical (unpaired) electrons. The number of cyclic esters (lactones) is 1. The van der Waals surface area contributed by atoms with E-state index in [1.165, 1.54) is 19.3 Å². The molecule has 5 unspecified atom stereocenters. The van der Waals surface area contributed by atoms with Crippen LogP contribution in [0.5, 0.6) is 0 Å². The minimum Gasteiger partial charge on any atom is -0.465 e. The van der Waals surface area contributed by atoms with Crippen molar-refractivity contribution < 1.29 is 19.1 Å². The van der Waals surface area contributed by atoms with E-state index < -0.39 is 0 Å². The van der Waals surface area contributed by atoms with Crippen LogP contribution in [0.2, 0.25) is 0 Å². The highest BCUT2D eigenvalue weighted by Crippen LogP contribution is 2.48. The van der Waals surface area contributed by atoms with Crippen molar-refractivity contribution in [1.82, 2.24) is 0 Å². The van der Waals surface area contributed by atoms with Crippen LogP contribution in [0.3, 0.4) is 0 Å². The molecule has 3 fully saturated rings. The van der Waals surface area contributed by atoms with Crippen LogP contribution in [0.1, 0.15) is 59.8 Å². The van der Waals surface area contributed by atoms with E-state index in [0.717, 1.165) is 18.3 Å². The molecule has 126 valence electrons. The third-order valence-electron chi connectivity index (χ3n) is 4.89. The zero-order valence-electron chi connectivity index (χ0n) is 14.3. The fraction of sp³-hybridized carbons (Fsp3) is 0.889. The van der Waals surface area contributed by atoms with Crippen LogP contribution < -0.4 is 0 Å². The molecule has 5 atom stereocenters. The molecular weight excluding hydrogens is 280 g/mol. The summed E-state index contributed by atoms with van der Waals surface area (Å²) in [6.07, 6.45) is 4.96. The van der Waals surface area contributed by atoms with Gasteiger partial charge < -0.3 is 9.47 Å². The van der Waals surface area contributed by atoms with Gasteiger partial charge in [0, 0.05) is 0 Å². The Labute approximate surface area is 133 Å². The first kappa shape index (κ1) is 17.3. The number of ether oxygens (including phenoxy) is 2. The highest BCUT2D eigenvalue weighted by molar-refractivity contribution is 5.77. The van der Waals surface area contributed by atoms with Crippen molar-refractivity contribution >= 4 is 11.9 Å². The molecule has 0 N–H and O–H groups in total. The Bertz CT molecular complexity index is 401. The number of fused-ring (bicyclic) bond motifs is 2. The molecular formula is C18H30O4. The minimum atomic E-state index is -0.341. The molecule has 2 bridgehead atoms. The molecule has 1 heterocycles. The molecule has 2 aliphatic carbocycles. The van der Waals surface area contributed by atoms with Crippen molar-refractivity contribution in [1.29, 1.82) is 0 Å². The summed E-state index contributed by atoms with van der Waals surface area (Å²) in [7, 11) is 0. The first-order valence-electron chi connectivity index (χ1n) is 8.75. The molecule has 0 spiro atoms. The second-order valence-electron chi connectivity index (χ2n) is 7.72. The van der Waals surface area contributed by atoms with E-state index >= 15 is 0 Å². The van der Waals surface area contributed by atoms with E-state index in [9.17, 15) is 9.59 Å². The molecule has 3 rings (SSSR count). The van der Waals surface area contributed by atoms with Gasteiger partial charge in [0.25, 0.3) is 0 Å². The molecule has 1 saturated heterocycles. The standard InChI is InChI=1S/C14H20O4.C4H10/c1-8(11-4-5-17-13(11)15)18-14(16)12-7-9-2-3-10(12)6-9;1-4(2)3/h8-12H,2-7H2,1H3;4H,1-3H3. The SMILES string of the molecule is CC(C)C.CC(OC(=O)C1CC2CCC1C2)C1CCOC1=O. The second kappa shape index (κ2) is 7.47. The lowest BCUT2D eigenvalue weighted by Crippen LogP contribution is -2.32. The van der Waals surface area contributed by atoms with Crippen molar-refractivity contribution in [3.8, 4) is 0 Å². The summed E-state index contributed by atoms with van der Waals surface area (Å²) in [6, 6.07) is 0. The maximum atomic E-state index is 12.1. The lowest BCUT2D eigenvalue weighted by atomic mass is 9.89. The van der Waals surface area contributed by atoms with Gasteiger partial charge >= 0.3 is 11.9 Å². The van der Waals surface area contributed by atoms with E-state index in [2.05, 4.69) is 20.8 Å². The van der Waals surface area contributed by atoms with E-state index in [1.807, 2.05) is 6.92 Å². The molecule has 3 aliphatic rings. The fourth-order valence-corrected chi connectivity index (χ4v) is 3.82. The number of esters is 2. The summed E-state index contributed by atoms with van der Waals surface area (Å²) in [6.45, 7) is 8.77. The Balaban J connectivity index is 0.000000396. The molecule has 0 aromatic rings. The average molecular weight is 310 g/mol. The number of carbonyl (C=O) groups excluding carboxylic acids is 2. The Kier molecular flexibility index (Phi) is 5.87. The monoisotopic (exact) mass is 310 g/mol. The molecule has 4 heteroatoms. The van der Waals surface area contributed by atoms with Crippen LogP contribution in [0, 0.1) is 29.6 Å².